The number of amides is 2. The standard InChI is InChI=1S/C31H34ClN3O3/c1-38-29-15-6-5-11-26(29)13-8-16-35(31(37)27-12-7-14-28(32)24-27)22-19-33-17-20-34(21-18-33)30(36)23-25-9-3-2-4-10-25/h2-15,24H,16-23H2,1H3/b13-8+. The van der Waals surface area contributed by atoms with Crippen LogP contribution in [0.5, 0.6) is 5.75 Å². The third-order valence-electron chi connectivity index (χ3n) is 6.73. The molecule has 1 aliphatic heterocycles. The maximum Gasteiger partial charge on any atom is 0.254 e. The van der Waals surface area contributed by atoms with Crippen molar-refractivity contribution in [3.63, 3.8) is 0 Å². The summed E-state index contributed by atoms with van der Waals surface area (Å²) < 4.78 is 5.44. The molecule has 3 aromatic carbocycles. The number of hydrogen-bond donors (Lipinski definition) is 0. The van der Waals surface area contributed by atoms with Crippen molar-refractivity contribution in [2.24, 2.45) is 0 Å². The van der Waals surface area contributed by atoms with Gasteiger partial charge in [-0.3, -0.25) is 14.5 Å². The van der Waals surface area contributed by atoms with E-state index in [1.54, 1.807) is 31.4 Å². The molecule has 0 radical (unpaired) electrons. The molecule has 1 saturated heterocycles. The SMILES string of the molecule is COc1ccccc1/C=C/CN(CCN1CCN(C(=O)Cc2ccccc2)CC1)C(=O)c1cccc(Cl)c1. The average molecular weight is 532 g/mol. The molecule has 38 heavy (non-hydrogen) atoms. The number of carbonyl (C=O) groups excluding carboxylic acids is 2. The number of hydrogen-bond acceptors (Lipinski definition) is 4. The smallest absolute Gasteiger partial charge is 0.254 e. The molecule has 4 rings (SSSR count). The summed E-state index contributed by atoms with van der Waals surface area (Å²) in [7, 11) is 1.65. The number of halogens is 1. The molecule has 0 spiro atoms. The Hall–Kier alpha value is -3.61. The van der Waals surface area contributed by atoms with Crippen LogP contribution in [0, 0.1) is 0 Å². The Morgan fingerprint density at radius 2 is 1.68 bits per heavy atom. The van der Waals surface area contributed by atoms with Gasteiger partial charge in [0.25, 0.3) is 5.91 Å². The molecule has 3 aromatic rings. The highest BCUT2D eigenvalue weighted by Crippen LogP contribution is 2.19. The highest BCUT2D eigenvalue weighted by atomic mass is 35.5. The normalized spacial score (nSPS) is 14.0. The quantitative estimate of drug-likeness (QED) is 0.374. The van der Waals surface area contributed by atoms with Crippen LogP contribution in [0.25, 0.3) is 6.08 Å². The molecule has 0 N–H and O–H groups in total. The van der Waals surface area contributed by atoms with E-state index >= 15 is 0 Å². The van der Waals surface area contributed by atoms with Crippen LogP contribution in [-0.2, 0) is 11.2 Å². The molecule has 1 fully saturated rings. The summed E-state index contributed by atoms with van der Waals surface area (Å²) >= 11 is 6.16. The fourth-order valence-corrected chi connectivity index (χ4v) is 4.75. The number of ether oxygens (including phenoxy) is 1. The zero-order valence-corrected chi connectivity index (χ0v) is 22.5. The molecule has 7 heteroatoms. The van der Waals surface area contributed by atoms with Crippen molar-refractivity contribution in [3.8, 4) is 5.75 Å². The van der Waals surface area contributed by atoms with Gasteiger partial charge in [0.05, 0.1) is 13.5 Å². The fraction of sp³-hybridized carbons (Fsp3) is 0.290. The second-order valence-electron chi connectivity index (χ2n) is 9.29. The van der Waals surface area contributed by atoms with Crippen molar-refractivity contribution in [2.45, 2.75) is 6.42 Å². The lowest BCUT2D eigenvalue weighted by Gasteiger charge is -2.36. The van der Waals surface area contributed by atoms with Gasteiger partial charge < -0.3 is 14.5 Å². The minimum absolute atomic E-state index is 0.0612. The van der Waals surface area contributed by atoms with Crippen LogP contribution >= 0.6 is 11.6 Å². The topological polar surface area (TPSA) is 53.1 Å². The Labute approximate surface area is 230 Å². The highest BCUT2D eigenvalue weighted by Gasteiger charge is 2.22. The summed E-state index contributed by atoms with van der Waals surface area (Å²) in [6.07, 6.45) is 4.40. The largest absolute Gasteiger partial charge is 0.496 e. The van der Waals surface area contributed by atoms with E-state index in [0.29, 0.717) is 43.2 Å². The van der Waals surface area contributed by atoms with Crippen molar-refractivity contribution < 1.29 is 14.3 Å². The van der Waals surface area contributed by atoms with Crippen LogP contribution in [0.15, 0.2) is 84.9 Å². The Kier molecular flexibility index (Phi) is 9.96. The summed E-state index contributed by atoms with van der Waals surface area (Å²) in [6.45, 7) is 4.73. The second-order valence-corrected chi connectivity index (χ2v) is 9.73. The van der Waals surface area contributed by atoms with E-state index in [9.17, 15) is 9.59 Å². The lowest BCUT2D eigenvalue weighted by Crippen LogP contribution is -2.51. The van der Waals surface area contributed by atoms with E-state index in [-0.39, 0.29) is 11.8 Å². The van der Waals surface area contributed by atoms with Gasteiger partial charge in [0, 0.05) is 62.0 Å². The molecule has 1 aliphatic rings. The van der Waals surface area contributed by atoms with Crippen LogP contribution in [0.2, 0.25) is 5.02 Å². The third-order valence-corrected chi connectivity index (χ3v) is 6.97. The number of para-hydroxylation sites is 1. The lowest BCUT2D eigenvalue weighted by atomic mass is 10.1. The van der Waals surface area contributed by atoms with Crippen molar-refractivity contribution in [1.82, 2.24) is 14.7 Å². The molecule has 1 heterocycles. The first-order chi connectivity index (χ1) is 18.5. The number of carbonyl (C=O) groups is 2. The molecule has 0 aromatic heterocycles. The van der Waals surface area contributed by atoms with E-state index in [1.165, 1.54) is 0 Å². The molecular formula is C31H34ClN3O3. The monoisotopic (exact) mass is 531 g/mol. The minimum Gasteiger partial charge on any atom is -0.496 e. The van der Waals surface area contributed by atoms with Gasteiger partial charge in [-0.05, 0) is 29.8 Å². The average Bonchev–Trinajstić information content (AvgIpc) is 2.95. The van der Waals surface area contributed by atoms with Crippen molar-refractivity contribution >= 4 is 29.5 Å². The van der Waals surface area contributed by atoms with Gasteiger partial charge in [-0.15, -0.1) is 0 Å². The summed E-state index contributed by atoms with van der Waals surface area (Å²) in [6, 6.07) is 24.7. The van der Waals surface area contributed by atoms with Crippen molar-refractivity contribution in [3.05, 3.63) is 107 Å². The van der Waals surface area contributed by atoms with Gasteiger partial charge in [-0.2, -0.15) is 0 Å². The van der Waals surface area contributed by atoms with Crippen LogP contribution in [0.3, 0.4) is 0 Å². The van der Waals surface area contributed by atoms with Gasteiger partial charge in [0.2, 0.25) is 5.91 Å². The van der Waals surface area contributed by atoms with Crippen LogP contribution in [0.1, 0.15) is 21.5 Å². The number of piperazine rings is 1. The number of rotatable bonds is 10. The maximum absolute atomic E-state index is 13.4. The first-order valence-electron chi connectivity index (χ1n) is 12.9. The first kappa shape index (κ1) is 27.4. The molecule has 0 saturated carbocycles. The zero-order valence-electron chi connectivity index (χ0n) is 21.8. The number of benzene rings is 3. The van der Waals surface area contributed by atoms with Gasteiger partial charge in [0.15, 0.2) is 0 Å². The summed E-state index contributed by atoms with van der Waals surface area (Å²) in [5, 5.41) is 0.539. The summed E-state index contributed by atoms with van der Waals surface area (Å²) in [4.78, 5) is 32.2. The predicted octanol–water partition coefficient (Wildman–Crippen LogP) is 4.89. The first-order valence-corrected chi connectivity index (χ1v) is 13.3. The lowest BCUT2D eigenvalue weighted by molar-refractivity contribution is -0.132. The van der Waals surface area contributed by atoms with Crippen LogP contribution in [0.4, 0.5) is 0 Å². The van der Waals surface area contributed by atoms with Gasteiger partial charge in [-0.25, -0.2) is 0 Å². The van der Waals surface area contributed by atoms with Crippen molar-refractivity contribution in [2.75, 3.05) is 52.9 Å². The summed E-state index contributed by atoms with van der Waals surface area (Å²) in [5.74, 6) is 0.889. The molecule has 0 unspecified atom stereocenters. The molecule has 198 valence electrons. The van der Waals surface area contributed by atoms with E-state index in [0.717, 1.165) is 36.5 Å². The Balaban J connectivity index is 1.35. The zero-order chi connectivity index (χ0) is 26.7. The predicted molar refractivity (Wildman–Crippen MR) is 153 cm³/mol. The van der Waals surface area contributed by atoms with E-state index in [4.69, 9.17) is 16.3 Å². The minimum atomic E-state index is -0.0612. The van der Waals surface area contributed by atoms with E-state index < -0.39 is 0 Å². The van der Waals surface area contributed by atoms with Gasteiger partial charge in [0.1, 0.15) is 5.75 Å². The third kappa shape index (κ3) is 7.70. The fourth-order valence-electron chi connectivity index (χ4n) is 4.56. The van der Waals surface area contributed by atoms with Crippen molar-refractivity contribution in [1.29, 1.82) is 0 Å². The number of methoxy groups -OCH3 is 1. The maximum atomic E-state index is 13.4. The molecule has 6 nitrogen and oxygen atoms in total. The van der Waals surface area contributed by atoms with Crippen LogP contribution in [-0.4, -0.2) is 79.4 Å². The summed E-state index contributed by atoms with van der Waals surface area (Å²) in [5.41, 5.74) is 2.57. The Bertz CT molecular complexity index is 1240. The molecule has 0 bridgehead atoms. The molecular weight excluding hydrogens is 498 g/mol. The highest BCUT2D eigenvalue weighted by molar-refractivity contribution is 6.30. The van der Waals surface area contributed by atoms with Gasteiger partial charge >= 0.3 is 0 Å². The van der Waals surface area contributed by atoms with E-state index in [1.807, 2.05) is 76.5 Å². The molecule has 0 atom stereocenters. The van der Waals surface area contributed by atoms with Crippen LogP contribution < -0.4 is 4.74 Å². The Morgan fingerprint density at radius 3 is 2.42 bits per heavy atom. The Morgan fingerprint density at radius 1 is 0.947 bits per heavy atom. The second kappa shape index (κ2) is 13.8. The molecule has 2 amide bonds. The number of nitrogens with zero attached hydrogens (tertiary/aromatic N) is 3. The molecule has 0 aliphatic carbocycles. The van der Waals surface area contributed by atoms with E-state index in [2.05, 4.69) is 4.90 Å². The van der Waals surface area contributed by atoms with Gasteiger partial charge in [-0.1, -0.05) is 78.4 Å².